The zero-order valence-corrected chi connectivity index (χ0v) is 13.6. The molecule has 1 aromatic carbocycles. The van der Waals surface area contributed by atoms with Crippen LogP contribution in [0.5, 0.6) is 0 Å². The second-order valence-electron chi connectivity index (χ2n) is 5.16. The van der Waals surface area contributed by atoms with Crippen LogP contribution in [0.3, 0.4) is 0 Å². The van der Waals surface area contributed by atoms with Gasteiger partial charge in [-0.15, -0.1) is 0 Å². The average Bonchev–Trinajstić information content (AvgIpc) is 2.64. The molecule has 0 unspecified atom stereocenters. The van der Waals surface area contributed by atoms with E-state index in [1.807, 2.05) is 0 Å². The van der Waals surface area contributed by atoms with Crippen LogP contribution in [-0.2, 0) is 9.59 Å². The number of aromatic nitrogens is 1. The van der Waals surface area contributed by atoms with Crippen LogP contribution in [0.2, 0.25) is 0 Å². The summed E-state index contributed by atoms with van der Waals surface area (Å²) in [6.45, 7) is 0.424. The smallest absolute Gasteiger partial charge is 0.313 e. The number of halogens is 2. The number of anilines is 1. The van der Waals surface area contributed by atoms with Crippen LogP contribution in [0.4, 0.5) is 14.5 Å². The van der Waals surface area contributed by atoms with E-state index in [9.17, 15) is 23.2 Å². The molecule has 0 radical (unpaired) electrons. The Morgan fingerprint density at radius 3 is 2.38 bits per heavy atom. The molecular weight excluding hydrogens is 346 g/mol. The zero-order chi connectivity index (χ0) is 18.9. The van der Waals surface area contributed by atoms with Gasteiger partial charge in [0, 0.05) is 31.0 Å². The van der Waals surface area contributed by atoms with Crippen LogP contribution in [0.1, 0.15) is 16.9 Å². The number of pyridine rings is 1. The van der Waals surface area contributed by atoms with Crippen molar-refractivity contribution in [1.29, 1.82) is 0 Å². The highest BCUT2D eigenvalue weighted by Crippen LogP contribution is 2.12. The highest BCUT2D eigenvalue weighted by atomic mass is 19.2. The fraction of sp³-hybridized carbons (Fsp3) is 0.176. The van der Waals surface area contributed by atoms with Crippen LogP contribution in [0.25, 0.3) is 0 Å². The minimum absolute atomic E-state index is 0.0355. The molecule has 2 aromatic rings. The van der Waals surface area contributed by atoms with E-state index in [1.165, 1.54) is 6.20 Å². The van der Waals surface area contributed by atoms with Crippen LogP contribution >= 0.6 is 0 Å². The largest absolute Gasteiger partial charge is 0.351 e. The van der Waals surface area contributed by atoms with Gasteiger partial charge in [0.15, 0.2) is 11.6 Å². The van der Waals surface area contributed by atoms with Crippen molar-refractivity contribution >= 4 is 23.4 Å². The van der Waals surface area contributed by atoms with Crippen LogP contribution in [-0.4, -0.2) is 35.8 Å². The highest BCUT2D eigenvalue weighted by Gasteiger charge is 2.14. The van der Waals surface area contributed by atoms with Gasteiger partial charge in [-0.2, -0.15) is 0 Å². The molecule has 0 fully saturated rings. The molecule has 3 amide bonds. The predicted molar refractivity (Wildman–Crippen MR) is 89.2 cm³/mol. The number of carbonyl (C=O) groups excluding carboxylic acids is 3. The van der Waals surface area contributed by atoms with Gasteiger partial charge in [0.25, 0.3) is 5.91 Å². The van der Waals surface area contributed by atoms with Crippen LogP contribution < -0.4 is 16.0 Å². The lowest BCUT2D eigenvalue weighted by molar-refractivity contribution is -0.136. The molecular formula is C17H16F2N4O3. The normalized spacial score (nSPS) is 10.1. The van der Waals surface area contributed by atoms with Crippen LogP contribution in [0, 0.1) is 11.6 Å². The summed E-state index contributed by atoms with van der Waals surface area (Å²) in [5.41, 5.74) is 0.245. The van der Waals surface area contributed by atoms with E-state index in [-0.39, 0.29) is 30.4 Å². The van der Waals surface area contributed by atoms with Gasteiger partial charge in [-0.25, -0.2) is 8.78 Å². The molecule has 0 bridgehead atoms. The molecule has 1 aromatic heterocycles. The molecule has 0 saturated carbocycles. The fourth-order valence-corrected chi connectivity index (χ4v) is 1.92. The Morgan fingerprint density at radius 2 is 1.69 bits per heavy atom. The lowest BCUT2D eigenvalue weighted by atomic mass is 10.3. The number of nitrogens with one attached hydrogen (secondary N) is 3. The summed E-state index contributed by atoms with van der Waals surface area (Å²) < 4.78 is 25.8. The van der Waals surface area contributed by atoms with E-state index in [0.717, 1.165) is 18.2 Å². The lowest BCUT2D eigenvalue weighted by Gasteiger charge is -2.07. The number of nitrogens with zero attached hydrogens (tertiary/aromatic N) is 1. The summed E-state index contributed by atoms with van der Waals surface area (Å²) in [5, 5.41) is 7.13. The number of carbonyl (C=O) groups is 3. The number of rotatable bonds is 6. The van der Waals surface area contributed by atoms with E-state index >= 15 is 0 Å². The van der Waals surface area contributed by atoms with Crippen molar-refractivity contribution in [3.63, 3.8) is 0 Å². The second kappa shape index (κ2) is 9.21. The fourth-order valence-electron chi connectivity index (χ4n) is 1.92. The summed E-state index contributed by atoms with van der Waals surface area (Å²) in [4.78, 5) is 38.9. The van der Waals surface area contributed by atoms with Gasteiger partial charge >= 0.3 is 11.8 Å². The standard InChI is InChI=1S/C17H16F2N4O3/c18-12-6-5-11(10-13(12)19)23-17(26)16(25)22-9-3-8-21-15(24)14-4-1-2-7-20-14/h1-2,4-7,10H,3,8-9H2,(H,21,24)(H,22,25)(H,23,26). The predicted octanol–water partition coefficient (Wildman–Crippen LogP) is 1.23. The summed E-state index contributed by atoms with van der Waals surface area (Å²) in [6, 6.07) is 7.70. The molecule has 9 heteroatoms. The molecule has 2 rings (SSSR count). The summed E-state index contributed by atoms with van der Waals surface area (Å²) in [6.07, 6.45) is 1.89. The summed E-state index contributed by atoms with van der Waals surface area (Å²) >= 11 is 0. The number of hydrogen-bond acceptors (Lipinski definition) is 4. The molecule has 0 saturated heterocycles. The molecule has 7 nitrogen and oxygen atoms in total. The van der Waals surface area contributed by atoms with Gasteiger partial charge in [0.05, 0.1) is 0 Å². The van der Waals surface area contributed by atoms with Crippen molar-refractivity contribution in [2.24, 2.45) is 0 Å². The third-order valence-electron chi connectivity index (χ3n) is 3.21. The molecule has 0 spiro atoms. The number of hydrogen-bond donors (Lipinski definition) is 3. The van der Waals surface area contributed by atoms with Crippen molar-refractivity contribution in [2.75, 3.05) is 18.4 Å². The Balaban J connectivity index is 1.67. The first-order chi connectivity index (χ1) is 12.5. The van der Waals surface area contributed by atoms with Crippen molar-refractivity contribution in [1.82, 2.24) is 15.6 Å². The van der Waals surface area contributed by atoms with E-state index < -0.39 is 23.4 Å². The minimum Gasteiger partial charge on any atom is -0.351 e. The first-order valence-corrected chi connectivity index (χ1v) is 7.71. The monoisotopic (exact) mass is 362 g/mol. The maximum absolute atomic E-state index is 13.0. The molecule has 136 valence electrons. The average molecular weight is 362 g/mol. The molecule has 0 atom stereocenters. The molecule has 1 heterocycles. The van der Waals surface area contributed by atoms with Crippen molar-refractivity contribution in [3.8, 4) is 0 Å². The van der Waals surface area contributed by atoms with Gasteiger partial charge in [-0.05, 0) is 30.7 Å². The van der Waals surface area contributed by atoms with Gasteiger partial charge in [0.2, 0.25) is 0 Å². The Hall–Kier alpha value is -3.36. The number of amides is 3. The van der Waals surface area contributed by atoms with Crippen molar-refractivity contribution in [2.45, 2.75) is 6.42 Å². The van der Waals surface area contributed by atoms with Gasteiger partial charge < -0.3 is 16.0 Å². The Morgan fingerprint density at radius 1 is 0.923 bits per heavy atom. The molecule has 0 aliphatic heterocycles. The van der Waals surface area contributed by atoms with Crippen molar-refractivity contribution < 1.29 is 23.2 Å². The second-order valence-corrected chi connectivity index (χ2v) is 5.16. The van der Waals surface area contributed by atoms with E-state index in [0.29, 0.717) is 6.42 Å². The highest BCUT2D eigenvalue weighted by molar-refractivity contribution is 6.39. The van der Waals surface area contributed by atoms with E-state index in [2.05, 4.69) is 20.9 Å². The first-order valence-electron chi connectivity index (χ1n) is 7.71. The molecule has 26 heavy (non-hydrogen) atoms. The molecule has 3 N–H and O–H groups in total. The quantitative estimate of drug-likeness (QED) is 0.532. The molecule has 0 aliphatic carbocycles. The zero-order valence-electron chi connectivity index (χ0n) is 13.6. The SMILES string of the molecule is O=C(NCCCNC(=O)c1ccccn1)C(=O)Nc1ccc(F)c(F)c1. The maximum atomic E-state index is 13.0. The third-order valence-corrected chi connectivity index (χ3v) is 3.21. The van der Waals surface area contributed by atoms with Gasteiger partial charge in [0.1, 0.15) is 5.69 Å². The van der Waals surface area contributed by atoms with E-state index in [4.69, 9.17) is 0 Å². The summed E-state index contributed by atoms with van der Waals surface area (Å²) in [7, 11) is 0. The molecule has 0 aliphatic rings. The topological polar surface area (TPSA) is 100 Å². The maximum Gasteiger partial charge on any atom is 0.313 e. The Bertz CT molecular complexity index is 800. The summed E-state index contributed by atoms with van der Waals surface area (Å²) in [5.74, 6) is -4.46. The van der Waals surface area contributed by atoms with E-state index in [1.54, 1.807) is 18.2 Å². The van der Waals surface area contributed by atoms with Crippen LogP contribution in [0.15, 0.2) is 42.6 Å². The first kappa shape index (κ1) is 19.0. The Kier molecular flexibility index (Phi) is 6.72. The van der Waals surface area contributed by atoms with Gasteiger partial charge in [-0.1, -0.05) is 6.07 Å². The van der Waals surface area contributed by atoms with Gasteiger partial charge in [-0.3, -0.25) is 19.4 Å². The lowest BCUT2D eigenvalue weighted by Crippen LogP contribution is -2.37. The minimum atomic E-state index is -1.13. The number of benzene rings is 1. The Labute approximate surface area is 147 Å². The van der Waals surface area contributed by atoms with Crippen molar-refractivity contribution in [3.05, 3.63) is 59.9 Å². The third kappa shape index (κ3) is 5.62.